The first-order valence-electron chi connectivity index (χ1n) is 4.37. The Labute approximate surface area is 69.5 Å². The number of nitrogens with zero attached hydrogens (tertiary/aromatic N) is 1. The van der Waals surface area contributed by atoms with Crippen molar-refractivity contribution in [2.24, 2.45) is 0 Å². The molecule has 1 fully saturated rings. The van der Waals surface area contributed by atoms with Gasteiger partial charge in [-0.05, 0) is 25.3 Å². The molecule has 0 radical (unpaired) electrons. The molecular formula is C9H18NO-. The van der Waals surface area contributed by atoms with Crippen LogP contribution in [0, 0.1) is 7.05 Å². The quantitative estimate of drug-likeness (QED) is 0.576. The lowest BCUT2D eigenvalue weighted by Gasteiger charge is -2.32. The monoisotopic (exact) mass is 156 g/mol. The molecule has 0 aromatic rings. The Bertz CT molecular complexity index is 116. The highest BCUT2D eigenvalue weighted by Crippen LogP contribution is 2.24. The maximum Gasteiger partial charge on any atom is 0.0594 e. The van der Waals surface area contributed by atoms with Gasteiger partial charge >= 0.3 is 0 Å². The zero-order valence-corrected chi connectivity index (χ0v) is 7.55. The highest BCUT2D eigenvalue weighted by Gasteiger charge is 2.23. The molecule has 2 heteroatoms. The minimum Gasteiger partial charge on any atom is -0.452 e. The van der Waals surface area contributed by atoms with Gasteiger partial charge in [-0.2, -0.15) is 0 Å². The molecular weight excluding hydrogens is 138 g/mol. The van der Waals surface area contributed by atoms with Gasteiger partial charge in [0, 0.05) is 13.2 Å². The molecule has 0 aromatic carbocycles. The molecule has 0 bridgehead atoms. The minimum atomic E-state index is 0.560. The van der Waals surface area contributed by atoms with Gasteiger partial charge in [0.15, 0.2) is 0 Å². The maximum absolute atomic E-state index is 5.11. The number of hydrogen-bond donors (Lipinski definition) is 0. The second-order valence-electron chi connectivity index (χ2n) is 3.26. The summed E-state index contributed by atoms with van der Waals surface area (Å²) in [4.78, 5) is 2.21. The summed E-state index contributed by atoms with van der Waals surface area (Å²) in [6, 6.07) is 1.25. The summed E-state index contributed by atoms with van der Waals surface area (Å²) in [5.41, 5.74) is 0. The van der Waals surface area contributed by atoms with E-state index >= 15 is 0 Å². The first-order chi connectivity index (χ1) is 5.29. The summed E-state index contributed by atoms with van der Waals surface area (Å²) in [7, 11) is 5.80. The van der Waals surface area contributed by atoms with Crippen molar-refractivity contribution in [2.45, 2.75) is 38.3 Å². The minimum absolute atomic E-state index is 0.560. The van der Waals surface area contributed by atoms with Gasteiger partial charge < -0.3 is 9.64 Å². The molecule has 1 aliphatic heterocycles. The van der Waals surface area contributed by atoms with E-state index in [1.807, 2.05) is 0 Å². The molecule has 0 spiro atoms. The van der Waals surface area contributed by atoms with E-state index in [2.05, 4.69) is 18.9 Å². The lowest BCUT2D eigenvalue weighted by Crippen LogP contribution is -2.32. The van der Waals surface area contributed by atoms with E-state index in [9.17, 15) is 0 Å². The fourth-order valence-electron chi connectivity index (χ4n) is 1.82. The predicted octanol–water partition coefficient (Wildman–Crippen LogP) is 1.67. The van der Waals surface area contributed by atoms with Gasteiger partial charge in [-0.3, -0.25) is 7.05 Å². The molecule has 2 atom stereocenters. The lowest BCUT2D eigenvalue weighted by atomic mass is 10.1. The lowest BCUT2D eigenvalue weighted by molar-refractivity contribution is 0.123. The Morgan fingerprint density at radius 2 is 2.09 bits per heavy atom. The smallest absolute Gasteiger partial charge is 0.0594 e. The van der Waals surface area contributed by atoms with Crippen LogP contribution in [0.5, 0.6) is 0 Å². The zero-order valence-electron chi connectivity index (χ0n) is 7.55. The third-order valence-electron chi connectivity index (χ3n) is 2.60. The van der Waals surface area contributed by atoms with Crippen LogP contribution in [-0.4, -0.2) is 30.7 Å². The van der Waals surface area contributed by atoms with Gasteiger partial charge in [-0.1, -0.05) is 6.92 Å². The topological polar surface area (TPSA) is 12.5 Å². The number of likely N-dealkylation sites (tertiary alicyclic amines) is 1. The fraction of sp³-hybridized carbons (Fsp3) is 0.889. The largest absolute Gasteiger partial charge is 0.452 e. The van der Waals surface area contributed by atoms with Crippen molar-refractivity contribution < 1.29 is 4.74 Å². The van der Waals surface area contributed by atoms with Crippen LogP contribution < -0.4 is 0 Å². The summed E-state index contributed by atoms with van der Waals surface area (Å²) < 4.78 is 5.11. The van der Waals surface area contributed by atoms with E-state index in [0.29, 0.717) is 12.1 Å². The van der Waals surface area contributed by atoms with Crippen LogP contribution in [0.25, 0.3) is 0 Å². The molecule has 1 heterocycles. The molecule has 0 aliphatic carbocycles. The first kappa shape index (κ1) is 9.01. The van der Waals surface area contributed by atoms with Crippen LogP contribution in [0.4, 0.5) is 0 Å². The van der Waals surface area contributed by atoms with E-state index in [1.54, 1.807) is 7.11 Å². The SMILES string of the molecule is [CH2-]N1[C@@H](CC)CC[C@H]1COC. The van der Waals surface area contributed by atoms with Crippen molar-refractivity contribution in [1.82, 2.24) is 4.90 Å². The van der Waals surface area contributed by atoms with Gasteiger partial charge in [-0.25, -0.2) is 0 Å². The second-order valence-corrected chi connectivity index (χ2v) is 3.26. The van der Waals surface area contributed by atoms with Gasteiger partial charge in [0.1, 0.15) is 0 Å². The van der Waals surface area contributed by atoms with E-state index in [0.717, 1.165) is 6.61 Å². The van der Waals surface area contributed by atoms with Crippen LogP contribution in [0.3, 0.4) is 0 Å². The highest BCUT2D eigenvalue weighted by atomic mass is 16.5. The Kier molecular flexibility index (Phi) is 3.34. The van der Waals surface area contributed by atoms with Gasteiger partial charge in [0.25, 0.3) is 0 Å². The van der Waals surface area contributed by atoms with Crippen LogP contribution in [0.2, 0.25) is 0 Å². The number of hydrogen-bond acceptors (Lipinski definition) is 2. The van der Waals surface area contributed by atoms with E-state index in [-0.39, 0.29) is 0 Å². The number of methoxy groups -OCH3 is 1. The van der Waals surface area contributed by atoms with Crippen molar-refractivity contribution in [2.75, 3.05) is 13.7 Å². The van der Waals surface area contributed by atoms with Crippen LogP contribution >= 0.6 is 0 Å². The molecule has 0 saturated carbocycles. The summed E-state index contributed by atoms with van der Waals surface area (Å²) in [6.45, 7) is 3.05. The molecule has 1 rings (SSSR count). The molecule has 0 unspecified atom stereocenters. The Balaban J connectivity index is 2.35. The Morgan fingerprint density at radius 3 is 2.55 bits per heavy atom. The molecule has 66 valence electrons. The van der Waals surface area contributed by atoms with Crippen molar-refractivity contribution in [3.05, 3.63) is 7.05 Å². The molecule has 0 aromatic heterocycles. The average Bonchev–Trinajstić information content (AvgIpc) is 2.34. The van der Waals surface area contributed by atoms with Gasteiger partial charge in [-0.15, -0.1) is 0 Å². The molecule has 0 amide bonds. The second kappa shape index (κ2) is 4.07. The van der Waals surface area contributed by atoms with Gasteiger partial charge in [0.2, 0.25) is 0 Å². The molecule has 0 N–H and O–H groups in total. The van der Waals surface area contributed by atoms with E-state index < -0.39 is 0 Å². The van der Waals surface area contributed by atoms with E-state index in [1.165, 1.54) is 19.3 Å². The van der Waals surface area contributed by atoms with Crippen molar-refractivity contribution >= 4 is 0 Å². The number of ether oxygens (including phenoxy) is 1. The Morgan fingerprint density at radius 1 is 1.45 bits per heavy atom. The van der Waals surface area contributed by atoms with Crippen molar-refractivity contribution in [1.29, 1.82) is 0 Å². The first-order valence-corrected chi connectivity index (χ1v) is 4.37. The van der Waals surface area contributed by atoms with Crippen molar-refractivity contribution in [3.63, 3.8) is 0 Å². The van der Waals surface area contributed by atoms with Gasteiger partial charge in [0.05, 0.1) is 6.61 Å². The van der Waals surface area contributed by atoms with Crippen molar-refractivity contribution in [3.8, 4) is 0 Å². The number of rotatable bonds is 3. The van der Waals surface area contributed by atoms with Crippen LogP contribution in [0.1, 0.15) is 26.2 Å². The standard InChI is InChI=1S/C9H18NO/c1-4-8-5-6-9(7-11-3)10(8)2/h8-9H,2,4-7H2,1,3H3/q-1/t8-,9-/m0/s1. The summed E-state index contributed by atoms with van der Waals surface area (Å²) in [5, 5.41) is 0. The predicted molar refractivity (Wildman–Crippen MR) is 46.2 cm³/mol. The third-order valence-corrected chi connectivity index (χ3v) is 2.60. The Hall–Kier alpha value is -0.0800. The van der Waals surface area contributed by atoms with E-state index in [4.69, 9.17) is 4.74 Å². The summed E-state index contributed by atoms with van der Waals surface area (Å²) in [6.07, 6.45) is 3.74. The summed E-state index contributed by atoms with van der Waals surface area (Å²) >= 11 is 0. The highest BCUT2D eigenvalue weighted by molar-refractivity contribution is 4.86. The molecule has 1 saturated heterocycles. The fourth-order valence-corrected chi connectivity index (χ4v) is 1.82. The normalized spacial score (nSPS) is 33.0. The van der Waals surface area contributed by atoms with Crippen LogP contribution in [0.15, 0.2) is 0 Å². The molecule has 1 aliphatic rings. The van der Waals surface area contributed by atoms with Crippen LogP contribution in [-0.2, 0) is 4.74 Å². The summed E-state index contributed by atoms with van der Waals surface area (Å²) in [5.74, 6) is 0. The maximum atomic E-state index is 5.11. The molecule has 2 nitrogen and oxygen atoms in total. The average molecular weight is 156 g/mol. The molecule has 11 heavy (non-hydrogen) atoms. The zero-order chi connectivity index (χ0) is 8.27. The third kappa shape index (κ3) is 1.94.